The lowest BCUT2D eigenvalue weighted by atomic mass is 10.1. The van der Waals surface area contributed by atoms with E-state index < -0.39 is 0 Å². The van der Waals surface area contributed by atoms with Gasteiger partial charge in [0.2, 0.25) is 5.91 Å². The first-order valence-corrected chi connectivity index (χ1v) is 10.2. The minimum Gasteiger partial charge on any atom is -0.496 e. The Morgan fingerprint density at radius 3 is 2.26 bits per heavy atom. The molecule has 0 saturated heterocycles. The number of likely N-dealkylation sites (N-methyl/N-ethyl adjacent to an activating group) is 1. The van der Waals surface area contributed by atoms with Gasteiger partial charge >= 0.3 is 0 Å². The summed E-state index contributed by atoms with van der Waals surface area (Å²) in [5.41, 5.74) is 4.86. The largest absolute Gasteiger partial charge is 0.496 e. The van der Waals surface area contributed by atoms with E-state index >= 15 is 0 Å². The molecular formula is C24H26ClN3O3. The topological polar surface area (TPSA) is 63.6 Å². The number of ether oxygens (including phenoxy) is 1. The smallest absolute Gasteiger partial charge is 0.257 e. The van der Waals surface area contributed by atoms with Crippen LogP contribution in [-0.2, 0) is 4.79 Å². The summed E-state index contributed by atoms with van der Waals surface area (Å²) >= 11 is 6.43. The summed E-state index contributed by atoms with van der Waals surface area (Å²) < 4.78 is 7.27. The summed E-state index contributed by atoms with van der Waals surface area (Å²) in [6.45, 7) is 5.80. The molecule has 1 heterocycles. The first-order valence-electron chi connectivity index (χ1n) is 9.85. The maximum atomic E-state index is 13.0. The Bertz CT molecular complexity index is 1100. The van der Waals surface area contributed by atoms with Crippen LogP contribution in [0.1, 0.15) is 27.0 Å². The molecule has 0 radical (unpaired) electrons. The van der Waals surface area contributed by atoms with Gasteiger partial charge in [-0.3, -0.25) is 9.59 Å². The van der Waals surface area contributed by atoms with Crippen molar-refractivity contribution in [2.24, 2.45) is 0 Å². The minimum absolute atomic E-state index is 0.105. The van der Waals surface area contributed by atoms with E-state index in [-0.39, 0.29) is 18.4 Å². The van der Waals surface area contributed by atoms with Crippen LogP contribution >= 0.6 is 11.6 Å². The summed E-state index contributed by atoms with van der Waals surface area (Å²) in [5.74, 6) is -0.249. The van der Waals surface area contributed by atoms with Crippen molar-refractivity contribution < 1.29 is 14.3 Å². The van der Waals surface area contributed by atoms with Crippen molar-refractivity contribution in [1.29, 1.82) is 0 Å². The van der Waals surface area contributed by atoms with E-state index in [1.54, 1.807) is 19.2 Å². The van der Waals surface area contributed by atoms with E-state index in [0.29, 0.717) is 22.0 Å². The Labute approximate surface area is 187 Å². The molecule has 6 nitrogen and oxygen atoms in total. The third-order valence-electron chi connectivity index (χ3n) is 5.05. The normalized spacial score (nSPS) is 10.6. The van der Waals surface area contributed by atoms with Crippen LogP contribution in [-0.4, -0.2) is 42.0 Å². The van der Waals surface area contributed by atoms with Gasteiger partial charge in [-0.25, -0.2) is 0 Å². The monoisotopic (exact) mass is 439 g/mol. The molecule has 0 spiro atoms. The quantitative estimate of drug-likeness (QED) is 0.601. The predicted molar refractivity (Wildman–Crippen MR) is 124 cm³/mol. The van der Waals surface area contributed by atoms with Gasteiger partial charge in [0.15, 0.2) is 0 Å². The van der Waals surface area contributed by atoms with Gasteiger partial charge in [-0.05, 0) is 50.1 Å². The number of aromatic nitrogens is 1. The molecule has 1 N–H and O–H groups in total. The van der Waals surface area contributed by atoms with Crippen molar-refractivity contribution in [1.82, 2.24) is 9.47 Å². The Kier molecular flexibility index (Phi) is 6.71. The number of carbonyl (C=O) groups excluding carboxylic acids is 2. The number of hydrogen-bond donors (Lipinski definition) is 1. The number of aryl methyl sites for hydroxylation is 3. The molecule has 0 aliphatic carbocycles. The van der Waals surface area contributed by atoms with Crippen LogP contribution in [0.2, 0.25) is 5.02 Å². The fourth-order valence-electron chi connectivity index (χ4n) is 3.62. The van der Waals surface area contributed by atoms with Gasteiger partial charge in [-0.15, -0.1) is 0 Å². The number of hydrogen-bond acceptors (Lipinski definition) is 3. The highest BCUT2D eigenvalue weighted by atomic mass is 35.5. The number of nitrogens with zero attached hydrogens (tertiary/aromatic N) is 2. The Morgan fingerprint density at radius 1 is 1.06 bits per heavy atom. The van der Waals surface area contributed by atoms with E-state index in [9.17, 15) is 9.59 Å². The van der Waals surface area contributed by atoms with Crippen LogP contribution in [0.3, 0.4) is 0 Å². The molecule has 0 saturated carbocycles. The molecule has 1 aromatic heterocycles. The number of carbonyl (C=O) groups is 2. The van der Waals surface area contributed by atoms with Crippen molar-refractivity contribution in [2.75, 3.05) is 26.0 Å². The maximum absolute atomic E-state index is 13.0. The van der Waals surface area contributed by atoms with E-state index in [4.69, 9.17) is 16.3 Å². The highest BCUT2D eigenvalue weighted by Crippen LogP contribution is 2.30. The number of amides is 2. The van der Waals surface area contributed by atoms with Crippen LogP contribution < -0.4 is 10.1 Å². The molecule has 3 rings (SSSR count). The summed E-state index contributed by atoms with van der Waals surface area (Å²) in [7, 11) is 3.07. The van der Waals surface area contributed by atoms with E-state index in [1.165, 1.54) is 12.0 Å². The fraction of sp³-hybridized carbons (Fsp3) is 0.250. The van der Waals surface area contributed by atoms with Crippen molar-refractivity contribution >= 4 is 29.1 Å². The van der Waals surface area contributed by atoms with E-state index in [2.05, 4.69) is 5.32 Å². The Morgan fingerprint density at radius 2 is 1.68 bits per heavy atom. The molecule has 0 bridgehead atoms. The summed E-state index contributed by atoms with van der Waals surface area (Å²) in [5, 5.41) is 3.32. The van der Waals surface area contributed by atoms with Crippen LogP contribution in [0.25, 0.3) is 5.69 Å². The molecule has 0 unspecified atom stereocenters. The average Bonchev–Trinajstić information content (AvgIpc) is 3.24. The Balaban J connectivity index is 1.78. The zero-order valence-corrected chi connectivity index (χ0v) is 19.1. The lowest BCUT2D eigenvalue weighted by Crippen LogP contribution is -2.35. The van der Waals surface area contributed by atoms with Crippen LogP contribution in [0.4, 0.5) is 5.69 Å². The molecule has 31 heavy (non-hydrogen) atoms. The summed E-state index contributed by atoms with van der Waals surface area (Å²) in [6.07, 6.45) is 3.71. The van der Waals surface area contributed by atoms with Gasteiger partial charge in [0.05, 0.1) is 29.9 Å². The van der Waals surface area contributed by atoms with E-state index in [1.807, 2.05) is 62.0 Å². The molecule has 3 aromatic rings. The van der Waals surface area contributed by atoms with E-state index in [0.717, 1.165) is 22.4 Å². The highest BCUT2D eigenvalue weighted by Gasteiger charge is 2.22. The average molecular weight is 440 g/mol. The summed E-state index contributed by atoms with van der Waals surface area (Å²) in [6, 6.07) is 11.1. The van der Waals surface area contributed by atoms with Crippen LogP contribution in [0.15, 0.2) is 48.8 Å². The highest BCUT2D eigenvalue weighted by molar-refractivity contribution is 6.33. The second kappa shape index (κ2) is 9.27. The van der Waals surface area contributed by atoms with Crippen molar-refractivity contribution in [3.63, 3.8) is 0 Å². The molecular weight excluding hydrogens is 414 g/mol. The molecule has 0 aliphatic rings. The molecule has 162 valence electrons. The van der Waals surface area contributed by atoms with Crippen molar-refractivity contribution in [2.45, 2.75) is 20.8 Å². The van der Waals surface area contributed by atoms with Gasteiger partial charge in [0, 0.05) is 31.2 Å². The maximum Gasteiger partial charge on any atom is 0.257 e. The van der Waals surface area contributed by atoms with Crippen LogP contribution in [0, 0.1) is 20.8 Å². The third-order valence-corrected chi connectivity index (χ3v) is 5.35. The lowest BCUT2D eigenvalue weighted by Gasteiger charge is -2.20. The first-order chi connectivity index (χ1) is 14.7. The van der Waals surface area contributed by atoms with Crippen molar-refractivity contribution in [3.8, 4) is 11.4 Å². The predicted octanol–water partition coefficient (Wildman–Crippen LogP) is 4.78. The van der Waals surface area contributed by atoms with Gasteiger partial charge in [-0.2, -0.15) is 0 Å². The molecule has 0 aliphatic heterocycles. The lowest BCUT2D eigenvalue weighted by molar-refractivity contribution is -0.116. The molecule has 2 aromatic carbocycles. The van der Waals surface area contributed by atoms with Crippen LogP contribution in [0.5, 0.6) is 5.75 Å². The van der Waals surface area contributed by atoms with Gasteiger partial charge in [-0.1, -0.05) is 29.3 Å². The van der Waals surface area contributed by atoms with Crippen molar-refractivity contribution in [3.05, 3.63) is 76.1 Å². The third kappa shape index (κ3) is 4.91. The molecule has 0 fully saturated rings. The molecule has 2 amide bonds. The number of anilines is 1. The minimum atomic E-state index is -0.356. The molecule has 7 heteroatoms. The fourth-order valence-corrected chi connectivity index (χ4v) is 3.88. The van der Waals surface area contributed by atoms with Gasteiger partial charge < -0.3 is 19.5 Å². The zero-order valence-electron chi connectivity index (χ0n) is 18.3. The van der Waals surface area contributed by atoms with Gasteiger partial charge in [0.25, 0.3) is 5.91 Å². The second-order valence-electron chi connectivity index (χ2n) is 7.58. The number of methoxy groups -OCH3 is 1. The molecule has 0 atom stereocenters. The number of nitrogens with one attached hydrogen (secondary N) is 1. The second-order valence-corrected chi connectivity index (χ2v) is 7.98. The number of benzene rings is 2. The summed E-state index contributed by atoms with van der Waals surface area (Å²) in [4.78, 5) is 27.0. The number of rotatable bonds is 6. The first kappa shape index (κ1) is 22.4. The SMILES string of the molecule is COc1cc(-n2cccc2)c(Cl)cc1C(=O)N(C)CC(=O)Nc1c(C)cc(C)cc1C. The van der Waals surface area contributed by atoms with Gasteiger partial charge in [0.1, 0.15) is 5.75 Å². The number of halogens is 1. The Hall–Kier alpha value is -3.25. The zero-order chi connectivity index (χ0) is 22.7. The standard InChI is InChI=1S/C24H26ClN3O3/c1-15-10-16(2)23(17(3)11-15)26-22(29)14-27(4)24(30)18-12-19(25)20(13-21(18)31-5)28-8-6-7-9-28/h6-13H,14H2,1-5H3,(H,26,29).